The Labute approximate surface area is 626 Å². The highest BCUT2D eigenvalue weighted by molar-refractivity contribution is 6.15. The molecule has 6 nitrogen and oxygen atoms in total. The number of pyridine rings is 2. The van der Waals surface area contributed by atoms with Crippen molar-refractivity contribution < 1.29 is 0 Å². The van der Waals surface area contributed by atoms with Gasteiger partial charge in [0.25, 0.3) is 0 Å². The summed E-state index contributed by atoms with van der Waals surface area (Å²) in [6.07, 6.45) is 7.61. The molecule has 0 bridgehead atoms. The van der Waals surface area contributed by atoms with E-state index in [0.29, 0.717) is 11.6 Å². The van der Waals surface area contributed by atoms with Crippen molar-refractivity contribution in [3.63, 3.8) is 0 Å². The van der Waals surface area contributed by atoms with E-state index < -0.39 is 0 Å². The van der Waals surface area contributed by atoms with Crippen LogP contribution in [0.1, 0.15) is 0 Å². The minimum atomic E-state index is 0.682. The SMILES string of the molecule is c1ccc(-c2ccc(-c3nc(-c4ccc(-c5cc6ccccc6c6ccccc56)cc4)ncc3-c3ccc(-c4cnc5ccccc5c4)cc3)cc2)cc1.c1cncc(-c2ccc(-c3cc(-c4cccc(-c5ccc6ccccc6c5)c4)nc(-c4cccc(-c5cc6ccccc6c6ccccc56)c4)n3)cc2)c1. The van der Waals surface area contributed by atoms with Gasteiger partial charge in [-0.15, -0.1) is 0 Å². The molecule has 0 aliphatic heterocycles. The highest BCUT2D eigenvalue weighted by atomic mass is 14.9. The van der Waals surface area contributed by atoms with Gasteiger partial charge in [0.15, 0.2) is 11.6 Å². The number of hydrogen-bond acceptors (Lipinski definition) is 6. The van der Waals surface area contributed by atoms with E-state index in [1.54, 1.807) is 6.20 Å². The molecule has 0 radical (unpaired) electrons. The third-order valence-corrected chi connectivity index (χ3v) is 20.7. The highest BCUT2D eigenvalue weighted by Crippen LogP contribution is 2.41. The van der Waals surface area contributed by atoms with Crippen LogP contribution in [0.25, 0.3) is 199 Å². The van der Waals surface area contributed by atoms with Crippen molar-refractivity contribution in [3.8, 4) is 134 Å². The highest BCUT2D eigenvalue weighted by Gasteiger charge is 2.19. The summed E-state index contributed by atoms with van der Waals surface area (Å²) >= 11 is 0. The molecule has 0 atom stereocenters. The van der Waals surface area contributed by atoms with E-state index in [0.717, 1.165) is 106 Å². The lowest BCUT2D eigenvalue weighted by Crippen LogP contribution is -1.96. The van der Waals surface area contributed by atoms with Gasteiger partial charge in [-0.1, -0.05) is 322 Å². The first-order chi connectivity index (χ1) is 53.5. The van der Waals surface area contributed by atoms with E-state index in [2.05, 4.69) is 362 Å². The minimum absolute atomic E-state index is 0.682. The van der Waals surface area contributed by atoms with Crippen LogP contribution in [0.3, 0.4) is 0 Å². The molecule has 0 amide bonds. The van der Waals surface area contributed by atoms with Crippen molar-refractivity contribution in [1.29, 1.82) is 0 Å². The van der Waals surface area contributed by atoms with Crippen LogP contribution < -0.4 is 0 Å². The zero-order valence-electron chi connectivity index (χ0n) is 58.8. The molecule has 108 heavy (non-hydrogen) atoms. The van der Waals surface area contributed by atoms with Crippen LogP contribution in [-0.4, -0.2) is 29.9 Å². The van der Waals surface area contributed by atoms with Gasteiger partial charge >= 0.3 is 0 Å². The standard InChI is InChI=1S/2C51H33N3/c1-2-11-37-28-39(26-23-34(37)10-1)38-13-7-15-42(29-38)50-32-49(36-24-21-35(22-25-36)44-17-9-27-52-33-44)53-51(54-50)43-16-8-14-40(30-43)48-31-41-12-3-4-18-45(41)46-19-5-6-20-47(46)48;1-2-10-34(11-3-1)35-20-26-39(27-21-35)50-48(38-22-18-36(19-23-38)43-30-42-13-5-9-17-49(42)52-32-43)33-53-51(54-50)40-28-24-37(25-29-40)47-31-41-12-4-6-14-44(41)45-15-7-8-16-46(45)47/h2*1-33H. The molecule has 0 aliphatic rings. The maximum Gasteiger partial charge on any atom is 0.160 e. The Morgan fingerprint density at radius 1 is 0.176 bits per heavy atom. The normalized spacial score (nSPS) is 11.3. The quantitative estimate of drug-likeness (QED) is 0.113. The maximum absolute atomic E-state index is 5.28. The van der Waals surface area contributed by atoms with Crippen molar-refractivity contribution in [1.82, 2.24) is 29.9 Å². The van der Waals surface area contributed by atoms with Crippen LogP contribution in [0.15, 0.2) is 401 Å². The van der Waals surface area contributed by atoms with Crippen LogP contribution >= 0.6 is 0 Å². The molecule has 20 rings (SSSR count). The Morgan fingerprint density at radius 3 is 1.30 bits per heavy atom. The van der Waals surface area contributed by atoms with Crippen molar-refractivity contribution in [3.05, 3.63) is 401 Å². The topological polar surface area (TPSA) is 77.3 Å². The summed E-state index contributed by atoms with van der Waals surface area (Å²) < 4.78 is 0. The molecular formula is C102H66N6. The molecule has 6 heteroatoms. The van der Waals surface area contributed by atoms with Gasteiger partial charge in [-0.2, -0.15) is 0 Å². The zero-order chi connectivity index (χ0) is 71.7. The van der Waals surface area contributed by atoms with Gasteiger partial charge in [-0.05, 0) is 175 Å². The van der Waals surface area contributed by atoms with Crippen LogP contribution in [0.5, 0.6) is 0 Å². The van der Waals surface area contributed by atoms with E-state index in [-0.39, 0.29) is 0 Å². The first kappa shape index (κ1) is 64.4. The molecular weight excluding hydrogens is 1310 g/mol. The minimum Gasteiger partial charge on any atom is -0.264 e. The summed E-state index contributed by atoms with van der Waals surface area (Å²) in [6, 6.07) is 133. The van der Waals surface area contributed by atoms with Crippen LogP contribution in [0.4, 0.5) is 0 Å². The second kappa shape index (κ2) is 28.3. The number of hydrogen-bond donors (Lipinski definition) is 0. The number of benzene rings is 16. The van der Waals surface area contributed by atoms with Gasteiger partial charge in [0.2, 0.25) is 0 Å². The Balaban J connectivity index is 0.000000147. The molecule has 504 valence electrons. The fraction of sp³-hybridized carbons (Fsp3) is 0. The van der Waals surface area contributed by atoms with Gasteiger partial charge in [0, 0.05) is 69.1 Å². The van der Waals surface area contributed by atoms with E-state index in [4.69, 9.17) is 19.9 Å². The van der Waals surface area contributed by atoms with Crippen molar-refractivity contribution in [2.45, 2.75) is 0 Å². The van der Waals surface area contributed by atoms with Crippen LogP contribution in [0.2, 0.25) is 0 Å². The molecule has 0 saturated carbocycles. The lowest BCUT2D eigenvalue weighted by atomic mass is 9.92. The van der Waals surface area contributed by atoms with Gasteiger partial charge < -0.3 is 0 Å². The third-order valence-electron chi connectivity index (χ3n) is 20.7. The summed E-state index contributed by atoms with van der Waals surface area (Å²) in [4.78, 5) is 29.8. The molecule has 0 N–H and O–H groups in total. The Bertz CT molecular complexity index is 6760. The summed E-state index contributed by atoms with van der Waals surface area (Å²) in [6.45, 7) is 0. The number of rotatable bonds is 12. The number of fused-ring (bicyclic) bond motifs is 8. The maximum atomic E-state index is 5.28. The molecule has 4 aromatic heterocycles. The lowest BCUT2D eigenvalue weighted by Gasteiger charge is -2.14. The van der Waals surface area contributed by atoms with Gasteiger partial charge in [-0.25, -0.2) is 19.9 Å². The Morgan fingerprint density at radius 2 is 0.620 bits per heavy atom. The molecule has 4 heterocycles. The number of para-hydroxylation sites is 1. The molecule has 0 unspecified atom stereocenters. The van der Waals surface area contributed by atoms with E-state index >= 15 is 0 Å². The number of nitrogens with zero attached hydrogens (tertiary/aromatic N) is 6. The predicted molar refractivity (Wildman–Crippen MR) is 450 cm³/mol. The molecule has 0 spiro atoms. The van der Waals surface area contributed by atoms with E-state index in [1.807, 2.05) is 42.9 Å². The van der Waals surface area contributed by atoms with Crippen molar-refractivity contribution in [2.24, 2.45) is 0 Å². The van der Waals surface area contributed by atoms with Crippen molar-refractivity contribution >= 4 is 64.8 Å². The second-order valence-corrected chi connectivity index (χ2v) is 27.4. The third kappa shape index (κ3) is 12.8. The Hall–Kier alpha value is -14.5. The fourth-order valence-electron chi connectivity index (χ4n) is 15.2. The van der Waals surface area contributed by atoms with Gasteiger partial charge in [-0.3, -0.25) is 9.97 Å². The smallest absolute Gasteiger partial charge is 0.160 e. The molecule has 16 aromatic carbocycles. The predicted octanol–water partition coefficient (Wildman–Crippen LogP) is 26.7. The monoisotopic (exact) mass is 1370 g/mol. The Kier molecular flexibility index (Phi) is 16.9. The molecule has 20 aromatic rings. The summed E-state index contributed by atoms with van der Waals surface area (Å²) in [7, 11) is 0. The average molecular weight is 1380 g/mol. The fourth-order valence-corrected chi connectivity index (χ4v) is 15.2. The van der Waals surface area contributed by atoms with Crippen LogP contribution in [0, 0.1) is 0 Å². The van der Waals surface area contributed by atoms with Gasteiger partial charge in [0.05, 0.1) is 22.6 Å². The van der Waals surface area contributed by atoms with Gasteiger partial charge in [0.1, 0.15) is 0 Å². The first-order valence-corrected chi connectivity index (χ1v) is 36.5. The van der Waals surface area contributed by atoms with Crippen LogP contribution in [-0.2, 0) is 0 Å². The molecule has 0 fully saturated rings. The first-order valence-electron chi connectivity index (χ1n) is 36.5. The largest absolute Gasteiger partial charge is 0.264 e. The molecule has 0 aliphatic carbocycles. The van der Waals surface area contributed by atoms with E-state index in [1.165, 1.54) is 81.7 Å². The second-order valence-electron chi connectivity index (χ2n) is 27.4. The summed E-state index contributed by atoms with van der Waals surface area (Å²) in [5.41, 5.74) is 24.5. The zero-order valence-corrected chi connectivity index (χ0v) is 58.8. The number of aromatic nitrogens is 6. The van der Waals surface area contributed by atoms with E-state index in [9.17, 15) is 0 Å². The summed E-state index contributed by atoms with van der Waals surface area (Å²) in [5, 5.41) is 13.5. The summed E-state index contributed by atoms with van der Waals surface area (Å²) in [5.74, 6) is 1.37. The lowest BCUT2D eigenvalue weighted by molar-refractivity contribution is 1.18. The van der Waals surface area contributed by atoms with Crippen molar-refractivity contribution in [2.75, 3.05) is 0 Å². The molecule has 0 saturated heterocycles. The average Bonchev–Trinajstić information content (AvgIpc) is 0.769.